The molecule has 0 aliphatic carbocycles. The van der Waals surface area contributed by atoms with Crippen molar-refractivity contribution in [2.75, 3.05) is 13.1 Å². The zero-order valence-corrected chi connectivity index (χ0v) is 7.45. The molecule has 1 saturated heterocycles. The fourth-order valence-electron chi connectivity index (χ4n) is 1.70. The summed E-state index contributed by atoms with van der Waals surface area (Å²) in [4.78, 5) is 0. The summed E-state index contributed by atoms with van der Waals surface area (Å²) in [5, 5.41) is 7.63. The van der Waals surface area contributed by atoms with Gasteiger partial charge in [0.2, 0.25) is 0 Å². The van der Waals surface area contributed by atoms with Crippen LogP contribution < -0.4 is 5.32 Å². The van der Waals surface area contributed by atoms with Crippen LogP contribution in [0, 0.1) is 12.8 Å². The fourth-order valence-corrected chi connectivity index (χ4v) is 1.70. The predicted molar refractivity (Wildman–Crippen MR) is 47.9 cm³/mol. The van der Waals surface area contributed by atoms with Gasteiger partial charge in [0.15, 0.2) is 0 Å². The lowest BCUT2D eigenvalue weighted by atomic mass is 10.1. The summed E-state index contributed by atoms with van der Waals surface area (Å²) in [6.07, 6.45) is 5.32. The van der Waals surface area contributed by atoms with Gasteiger partial charge in [0.1, 0.15) is 0 Å². The molecule has 1 unspecified atom stereocenters. The van der Waals surface area contributed by atoms with Crippen molar-refractivity contribution < 1.29 is 0 Å². The molecule has 0 radical (unpaired) electrons. The molecule has 1 atom stereocenters. The Hall–Kier alpha value is -0.830. The van der Waals surface area contributed by atoms with Crippen molar-refractivity contribution in [1.82, 2.24) is 15.1 Å². The SMILES string of the molecule is Cc1cnn(CC2CCNC2)c1. The van der Waals surface area contributed by atoms with Crippen molar-refractivity contribution in [3.8, 4) is 0 Å². The third kappa shape index (κ3) is 1.67. The first kappa shape index (κ1) is 7.80. The van der Waals surface area contributed by atoms with E-state index in [9.17, 15) is 0 Å². The Morgan fingerprint density at radius 3 is 3.25 bits per heavy atom. The summed E-state index contributed by atoms with van der Waals surface area (Å²) in [5.74, 6) is 0.782. The van der Waals surface area contributed by atoms with Gasteiger partial charge in [0.25, 0.3) is 0 Å². The summed E-state index contributed by atoms with van der Waals surface area (Å²) < 4.78 is 2.05. The summed E-state index contributed by atoms with van der Waals surface area (Å²) in [7, 11) is 0. The predicted octanol–water partition coefficient (Wildman–Crippen LogP) is 0.801. The zero-order valence-electron chi connectivity index (χ0n) is 7.45. The third-order valence-corrected chi connectivity index (χ3v) is 2.37. The third-order valence-electron chi connectivity index (χ3n) is 2.37. The van der Waals surface area contributed by atoms with E-state index in [0.717, 1.165) is 19.0 Å². The van der Waals surface area contributed by atoms with Gasteiger partial charge < -0.3 is 5.32 Å². The van der Waals surface area contributed by atoms with E-state index in [-0.39, 0.29) is 0 Å². The minimum absolute atomic E-state index is 0.782. The fraction of sp³-hybridized carbons (Fsp3) is 0.667. The Morgan fingerprint density at radius 2 is 2.67 bits per heavy atom. The molecule has 2 rings (SSSR count). The average Bonchev–Trinajstić information content (AvgIpc) is 2.63. The van der Waals surface area contributed by atoms with E-state index in [1.807, 2.05) is 10.9 Å². The molecular weight excluding hydrogens is 150 g/mol. The molecule has 1 aromatic rings. The van der Waals surface area contributed by atoms with E-state index in [4.69, 9.17) is 0 Å². The van der Waals surface area contributed by atoms with Crippen molar-refractivity contribution in [3.05, 3.63) is 18.0 Å². The number of nitrogens with zero attached hydrogens (tertiary/aromatic N) is 2. The molecule has 1 N–H and O–H groups in total. The second-order valence-electron chi connectivity index (χ2n) is 3.60. The van der Waals surface area contributed by atoms with Crippen LogP contribution in [0.3, 0.4) is 0 Å². The van der Waals surface area contributed by atoms with Gasteiger partial charge in [-0.1, -0.05) is 0 Å². The zero-order chi connectivity index (χ0) is 8.39. The number of aromatic nitrogens is 2. The van der Waals surface area contributed by atoms with Crippen LogP contribution in [0.15, 0.2) is 12.4 Å². The van der Waals surface area contributed by atoms with Gasteiger partial charge in [0, 0.05) is 12.7 Å². The monoisotopic (exact) mass is 165 g/mol. The lowest BCUT2D eigenvalue weighted by molar-refractivity contribution is 0.449. The van der Waals surface area contributed by atoms with Gasteiger partial charge in [-0.05, 0) is 37.9 Å². The van der Waals surface area contributed by atoms with Crippen LogP contribution in [-0.4, -0.2) is 22.9 Å². The highest BCUT2D eigenvalue weighted by atomic mass is 15.3. The normalized spacial score (nSPS) is 23.2. The highest BCUT2D eigenvalue weighted by Gasteiger charge is 2.14. The van der Waals surface area contributed by atoms with Gasteiger partial charge in [-0.25, -0.2) is 0 Å². The van der Waals surface area contributed by atoms with Crippen molar-refractivity contribution in [3.63, 3.8) is 0 Å². The molecule has 3 nitrogen and oxygen atoms in total. The molecule has 0 aromatic carbocycles. The first-order valence-electron chi connectivity index (χ1n) is 4.54. The summed E-state index contributed by atoms with van der Waals surface area (Å²) in [5.41, 5.74) is 1.25. The van der Waals surface area contributed by atoms with Gasteiger partial charge in [-0.2, -0.15) is 5.10 Å². The molecular formula is C9H15N3. The number of rotatable bonds is 2. The summed E-state index contributed by atoms with van der Waals surface area (Å²) in [6.45, 7) is 5.47. The van der Waals surface area contributed by atoms with Crippen molar-refractivity contribution >= 4 is 0 Å². The average molecular weight is 165 g/mol. The number of aryl methyl sites for hydroxylation is 1. The Bertz CT molecular complexity index is 248. The maximum atomic E-state index is 4.27. The molecule has 0 spiro atoms. The van der Waals surface area contributed by atoms with E-state index in [2.05, 4.69) is 23.5 Å². The molecule has 1 aliphatic heterocycles. The van der Waals surface area contributed by atoms with Crippen LogP contribution in [0.1, 0.15) is 12.0 Å². The smallest absolute Gasteiger partial charge is 0.0518 e. The van der Waals surface area contributed by atoms with E-state index >= 15 is 0 Å². The molecule has 12 heavy (non-hydrogen) atoms. The molecule has 1 fully saturated rings. The first-order chi connectivity index (χ1) is 5.84. The lowest BCUT2D eigenvalue weighted by Crippen LogP contribution is -2.14. The Balaban J connectivity index is 1.94. The van der Waals surface area contributed by atoms with E-state index in [1.165, 1.54) is 18.5 Å². The molecule has 3 heteroatoms. The van der Waals surface area contributed by atoms with Crippen molar-refractivity contribution in [1.29, 1.82) is 0 Å². The standard InChI is InChI=1S/C9H15N3/c1-8-4-11-12(6-8)7-9-2-3-10-5-9/h4,6,9-10H,2-3,5,7H2,1H3. The van der Waals surface area contributed by atoms with Crippen molar-refractivity contribution in [2.24, 2.45) is 5.92 Å². The quantitative estimate of drug-likeness (QED) is 0.702. The maximum Gasteiger partial charge on any atom is 0.0518 e. The van der Waals surface area contributed by atoms with Gasteiger partial charge in [-0.3, -0.25) is 4.68 Å². The van der Waals surface area contributed by atoms with Gasteiger partial charge in [0.05, 0.1) is 6.20 Å². The summed E-state index contributed by atoms with van der Waals surface area (Å²) in [6, 6.07) is 0. The Morgan fingerprint density at radius 1 is 1.75 bits per heavy atom. The maximum absolute atomic E-state index is 4.27. The minimum Gasteiger partial charge on any atom is -0.316 e. The Labute approximate surface area is 72.8 Å². The van der Waals surface area contributed by atoms with Crippen LogP contribution in [0.25, 0.3) is 0 Å². The highest BCUT2D eigenvalue weighted by molar-refractivity contribution is 4.99. The minimum atomic E-state index is 0.782. The number of hydrogen-bond donors (Lipinski definition) is 1. The Kier molecular flexibility index (Phi) is 2.13. The second-order valence-corrected chi connectivity index (χ2v) is 3.60. The first-order valence-corrected chi connectivity index (χ1v) is 4.54. The molecule has 2 heterocycles. The van der Waals surface area contributed by atoms with Gasteiger partial charge in [-0.15, -0.1) is 0 Å². The number of nitrogens with one attached hydrogen (secondary N) is 1. The second kappa shape index (κ2) is 3.27. The van der Waals surface area contributed by atoms with Crippen LogP contribution >= 0.6 is 0 Å². The van der Waals surface area contributed by atoms with Crippen LogP contribution in [0.5, 0.6) is 0 Å². The van der Waals surface area contributed by atoms with E-state index in [0.29, 0.717) is 0 Å². The molecule has 0 bridgehead atoms. The lowest BCUT2D eigenvalue weighted by Gasteiger charge is -2.07. The molecule has 1 aliphatic rings. The van der Waals surface area contributed by atoms with E-state index < -0.39 is 0 Å². The molecule has 1 aromatic heterocycles. The van der Waals surface area contributed by atoms with Crippen LogP contribution in [0.2, 0.25) is 0 Å². The molecule has 0 amide bonds. The molecule has 0 saturated carbocycles. The van der Waals surface area contributed by atoms with E-state index in [1.54, 1.807) is 0 Å². The number of hydrogen-bond acceptors (Lipinski definition) is 2. The summed E-state index contributed by atoms with van der Waals surface area (Å²) >= 11 is 0. The molecule has 66 valence electrons. The highest BCUT2D eigenvalue weighted by Crippen LogP contribution is 2.10. The van der Waals surface area contributed by atoms with Crippen molar-refractivity contribution in [2.45, 2.75) is 19.9 Å². The van der Waals surface area contributed by atoms with Gasteiger partial charge >= 0.3 is 0 Å². The van der Waals surface area contributed by atoms with Crippen LogP contribution in [0.4, 0.5) is 0 Å². The largest absolute Gasteiger partial charge is 0.316 e. The topological polar surface area (TPSA) is 29.9 Å². The van der Waals surface area contributed by atoms with Crippen LogP contribution in [-0.2, 0) is 6.54 Å².